The van der Waals surface area contributed by atoms with Gasteiger partial charge in [0.25, 0.3) is 0 Å². The fourth-order valence-corrected chi connectivity index (χ4v) is 6.08. The molecule has 2 aromatic rings. The first kappa shape index (κ1) is 34.2. The summed E-state index contributed by atoms with van der Waals surface area (Å²) in [5, 5.41) is 11.3. The number of benzene rings is 2. The Hall–Kier alpha value is -3.63. The van der Waals surface area contributed by atoms with E-state index < -0.39 is 41.3 Å². The number of carboxylic acid groups (broad SMARTS) is 1. The minimum absolute atomic E-state index is 0.0334. The second-order valence-corrected chi connectivity index (χ2v) is 14.0. The average molecular weight is 664 g/mol. The molecule has 244 valence electrons. The van der Waals surface area contributed by atoms with Crippen LogP contribution in [0, 0.1) is 12.8 Å². The van der Waals surface area contributed by atoms with Crippen LogP contribution >= 0.6 is 23.2 Å². The number of aliphatic carboxylic acids is 1. The number of ether oxygens (including phenoxy) is 4. The quantitative estimate of drug-likeness (QED) is 0.313. The maximum absolute atomic E-state index is 13.3. The van der Waals surface area contributed by atoms with Crippen LogP contribution in [0.15, 0.2) is 42.0 Å². The molecule has 12 heteroatoms. The lowest BCUT2D eigenvalue weighted by atomic mass is 9.80. The van der Waals surface area contributed by atoms with Crippen molar-refractivity contribution in [3.8, 4) is 11.5 Å². The molecule has 0 saturated carbocycles. The molecule has 2 amide bonds. The Morgan fingerprint density at radius 3 is 1.98 bits per heavy atom. The number of carbonyl (C=O) groups excluding carboxylic acids is 2. The van der Waals surface area contributed by atoms with Gasteiger partial charge in [-0.1, -0.05) is 35.3 Å². The van der Waals surface area contributed by atoms with Crippen LogP contribution < -0.4 is 9.47 Å². The van der Waals surface area contributed by atoms with Crippen LogP contribution in [0.2, 0.25) is 10.0 Å². The van der Waals surface area contributed by atoms with Crippen molar-refractivity contribution in [1.82, 2.24) is 9.80 Å². The standard InChI is InChI=1S/C33H40Cl2N2O8/c1-19-14-23(34)28(24(35)15-19)43-13-12-42-22-10-8-20(9-11-22)26-21-16-36(30(40)44-32(2,3)4)18-25(27(26)29(38)39)37(17-21)31(41)45-33(5,6)7/h8-11,14-15,25,27H,12-13,16-18H2,1-7H3,(H,38,39). The molecule has 2 unspecified atom stereocenters. The summed E-state index contributed by atoms with van der Waals surface area (Å²) in [7, 11) is 0. The molecule has 2 aromatic carbocycles. The van der Waals surface area contributed by atoms with Crippen LogP contribution in [0.5, 0.6) is 11.5 Å². The third-order valence-corrected chi connectivity index (χ3v) is 7.64. The van der Waals surface area contributed by atoms with Crippen LogP contribution in [0.4, 0.5) is 9.59 Å². The van der Waals surface area contributed by atoms with Crippen LogP contribution in [0.25, 0.3) is 5.57 Å². The molecule has 3 aliphatic heterocycles. The Labute approximate surface area is 273 Å². The molecule has 2 atom stereocenters. The smallest absolute Gasteiger partial charge is 0.410 e. The maximum Gasteiger partial charge on any atom is 0.410 e. The highest BCUT2D eigenvalue weighted by molar-refractivity contribution is 6.37. The van der Waals surface area contributed by atoms with E-state index in [-0.39, 0.29) is 32.8 Å². The van der Waals surface area contributed by atoms with Gasteiger partial charge in [0.05, 0.1) is 16.1 Å². The Kier molecular flexibility index (Phi) is 10.2. The van der Waals surface area contributed by atoms with Crippen molar-refractivity contribution < 1.29 is 38.4 Å². The summed E-state index contributed by atoms with van der Waals surface area (Å²) in [6, 6.07) is 9.67. The van der Waals surface area contributed by atoms with Gasteiger partial charge in [-0.25, -0.2) is 9.59 Å². The minimum atomic E-state index is -1.11. The van der Waals surface area contributed by atoms with Crippen LogP contribution in [0.1, 0.15) is 52.7 Å². The van der Waals surface area contributed by atoms with E-state index in [0.717, 1.165) is 5.56 Å². The molecule has 45 heavy (non-hydrogen) atoms. The highest BCUT2D eigenvalue weighted by Crippen LogP contribution is 2.41. The van der Waals surface area contributed by atoms with Gasteiger partial charge in [0.2, 0.25) is 0 Å². The topological polar surface area (TPSA) is 115 Å². The molecule has 0 aliphatic carbocycles. The van der Waals surface area contributed by atoms with Gasteiger partial charge in [0.15, 0.2) is 5.75 Å². The predicted molar refractivity (Wildman–Crippen MR) is 171 cm³/mol. The SMILES string of the molecule is Cc1cc(Cl)c(OCCOc2ccc(C3=C4CN(C(=O)OC(C)(C)C)CC(C3C(=O)O)N(C(=O)OC(C)(C)C)C4)cc2)c(Cl)c1. The fraction of sp³-hybridized carbons (Fsp3) is 0.485. The van der Waals surface area contributed by atoms with E-state index in [1.807, 2.05) is 6.92 Å². The van der Waals surface area contributed by atoms with Crippen molar-refractivity contribution in [2.75, 3.05) is 32.8 Å². The zero-order chi connectivity index (χ0) is 33.3. The molecule has 3 aliphatic rings. The zero-order valence-corrected chi connectivity index (χ0v) is 28.1. The Morgan fingerprint density at radius 2 is 1.42 bits per heavy atom. The highest BCUT2D eigenvalue weighted by atomic mass is 35.5. The summed E-state index contributed by atoms with van der Waals surface area (Å²) >= 11 is 12.5. The van der Waals surface area contributed by atoms with Crippen molar-refractivity contribution in [2.24, 2.45) is 5.92 Å². The number of hydrogen-bond acceptors (Lipinski definition) is 7. The van der Waals surface area contributed by atoms with Crippen LogP contribution in [-0.2, 0) is 14.3 Å². The lowest BCUT2D eigenvalue weighted by Crippen LogP contribution is -2.54. The molecule has 3 heterocycles. The van der Waals surface area contributed by atoms with Crippen molar-refractivity contribution >= 4 is 46.9 Å². The maximum atomic E-state index is 13.3. The summed E-state index contributed by atoms with van der Waals surface area (Å²) in [4.78, 5) is 42.2. The van der Waals surface area contributed by atoms with Crippen molar-refractivity contribution in [3.05, 3.63) is 63.1 Å². The van der Waals surface area contributed by atoms with Gasteiger partial charge in [-0.3, -0.25) is 9.69 Å². The number of amides is 2. The van der Waals surface area contributed by atoms with Gasteiger partial charge in [-0.2, -0.15) is 0 Å². The van der Waals surface area contributed by atoms with E-state index in [4.69, 9.17) is 42.1 Å². The van der Waals surface area contributed by atoms with Gasteiger partial charge >= 0.3 is 18.2 Å². The minimum Gasteiger partial charge on any atom is -0.490 e. The van der Waals surface area contributed by atoms with Gasteiger partial charge in [-0.05, 0) is 95.0 Å². The van der Waals surface area contributed by atoms with E-state index in [9.17, 15) is 19.5 Å². The first-order chi connectivity index (χ1) is 20.9. The number of aryl methyl sites for hydroxylation is 1. The molecular formula is C33H40Cl2N2O8. The first-order valence-electron chi connectivity index (χ1n) is 14.7. The number of fused-ring (bicyclic) bond motifs is 4. The molecule has 0 spiro atoms. The van der Waals surface area contributed by atoms with Gasteiger partial charge in [0, 0.05) is 19.6 Å². The van der Waals surface area contributed by atoms with Crippen molar-refractivity contribution in [2.45, 2.75) is 65.7 Å². The van der Waals surface area contributed by atoms with Crippen LogP contribution in [-0.4, -0.2) is 83.2 Å². The summed E-state index contributed by atoms with van der Waals surface area (Å²) in [6.07, 6.45) is -1.22. The molecule has 10 nitrogen and oxygen atoms in total. The molecule has 5 rings (SSSR count). The Balaban J connectivity index is 1.58. The van der Waals surface area contributed by atoms with Gasteiger partial charge in [-0.15, -0.1) is 0 Å². The van der Waals surface area contributed by atoms with Crippen LogP contribution in [0.3, 0.4) is 0 Å². The lowest BCUT2D eigenvalue weighted by molar-refractivity contribution is -0.141. The predicted octanol–water partition coefficient (Wildman–Crippen LogP) is 7.08. The second kappa shape index (κ2) is 13.4. The zero-order valence-electron chi connectivity index (χ0n) is 26.6. The lowest BCUT2D eigenvalue weighted by Gasteiger charge is -2.40. The van der Waals surface area contributed by atoms with E-state index >= 15 is 0 Å². The largest absolute Gasteiger partial charge is 0.490 e. The molecule has 2 bridgehead atoms. The number of halogens is 2. The molecule has 0 radical (unpaired) electrons. The summed E-state index contributed by atoms with van der Waals surface area (Å²) < 4.78 is 22.8. The molecular weight excluding hydrogens is 623 g/mol. The third kappa shape index (κ3) is 8.55. The fourth-order valence-electron chi connectivity index (χ4n) is 5.38. The number of hydrogen-bond donors (Lipinski definition) is 1. The van der Waals surface area contributed by atoms with Crippen molar-refractivity contribution in [3.63, 3.8) is 0 Å². The first-order valence-corrected chi connectivity index (χ1v) is 15.4. The normalized spacial score (nSPS) is 18.4. The van der Waals surface area contributed by atoms with Crippen molar-refractivity contribution in [1.29, 1.82) is 0 Å². The Bertz CT molecular complexity index is 1450. The van der Waals surface area contributed by atoms with Gasteiger partial charge < -0.3 is 29.0 Å². The molecule has 1 N–H and O–H groups in total. The molecule has 1 fully saturated rings. The van der Waals surface area contributed by atoms with E-state index in [0.29, 0.717) is 38.3 Å². The van der Waals surface area contributed by atoms with Gasteiger partial charge in [0.1, 0.15) is 36.1 Å². The monoisotopic (exact) mass is 662 g/mol. The molecule has 1 saturated heterocycles. The van der Waals surface area contributed by atoms with E-state index in [1.54, 1.807) is 77.9 Å². The summed E-state index contributed by atoms with van der Waals surface area (Å²) in [5.41, 5.74) is 1.20. The summed E-state index contributed by atoms with van der Waals surface area (Å²) in [6.45, 7) is 13.0. The number of carboxylic acids is 1. The number of nitrogens with zero attached hydrogens (tertiary/aromatic N) is 2. The Morgan fingerprint density at radius 1 is 0.867 bits per heavy atom. The average Bonchev–Trinajstić information content (AvgIpc) is 3.20. The second-order valence-electron chi connectivity index (χ2n) is 13.1. The highest BCUT2D eigenvalue weighted by Gasteiger charge is 2.49. The van der Waals surface area contributed by atoms with E-state index in [2.05, 4.69) is 0 Å². The number of carbonyl (C=O) groups is 3. The van der Waals surface area contributed by atoms with E-state index in [1.165, 1.54) is 9.80 Å². The third-order valence-electron chi connectivity index (χ3n) is 7.08. The number of rotatable bonds is 7. The summed E-state index contributed by atoms with van der Waals surface area (Å²) in [5.74, 6) is -1.29. The molecule has 0 aromatic heterocycles.